The highest BCUT2D eigenvalue weighted by molar-refractivity contribution is 5.77. The van der Waals surface area contributed by atoms with Gasteiger partial charge >= 0.3 is 5.97 Å². The van der Waals surface area contributed by atoms with Crippen LogP contribution in [-0.4, -0.2) is 29.6 Å². The Kier molecular flexibility index (Phi) is 2.49. The Bertz CT molecular complexity index is 401. The van der Waals surface area contributed by atoms with E-state index in [4.69, 9.17) is 5.11 Å². The number of fused-ring (bicyclic) bond motifs is 1. The fourth-order valence-electron chi connectivity index (χ4n) is 2.19. The van der Waals surface area contributed by atoms with Crippen LogP contribution in [0.4, 0.5) is 0 Å². The van der Waals surface area contributed by atoms with E-state index in [0.717, 1.165) is 17.7 Å². The van der Waals surface area contributed by atoms with Gasteiger partial charge in [-0.05, 0) is 25.1 Å². The van der Waals surface area contributed by atoms with Gasteiger partial charge in [-0.1, -0.05) is 23.8 Å². The standard InChI is InChI=1S/C12H15NO2/c1-8-3-4-10-9(5-8)6-13(2)7-11(10)12(14)15/h3-5,11H,6-7H2,1-2H3,(H,14,15). The van der Waals surface area contributed by atoms with Crippen LogP contribution < -0.4 is 0 Å². The van der Waals surface area contributed by atoms with E-state index in [-0.39, 0.29) is 5.92 Å². The molecule has 0 radical (unpaired) electrons. The minimum atomic E-state index is -0.730. The van der Waals surface area contributed by atoms with Crippen LogP contribution >= 0.6 is 0 Å². The molecule has 0 saturated carbocycles. The summed E-state index contributed by atoms with van der Waals surface area (Å²) in [4.78, 5) is 13.2. The molecule has 1 aliphatic rings. The molecule has 0 aromatic heterocycles. The summed E-state index contributed by atoms with van der Waals surface area (Å²) in [6.45, 7) is 3.48. The summed E-state index contributed by atoms with van der Waals surface area (Å²) in [6.07, 6.45) is 0. The van der Waals surface area contributed by atoms with Crippen molar-refractivity contribution in [2.75, 3.05) is 13.6 Å². The molecule has 1 heterocycles. The molecule has 3 nitrogen and oxygen atoms in total. The summed E-state index contributed by atoms with van der Waals surface area (Å²) in [5, 5.41) is 9.15. The maximum atomic E-state index is 11.1. The van der Waals surface area contributed by atoms with Gasteiger partial charge in [-0.15, -0.1) is 0 Å². The number of nitrogens with zero attached hydrogens (tertiary/aromatic N) is 1. The number of likely N-dealkylation sites (N-methyl/N-ethyl adjacent to an activating group) is 1. The lowest BCUT2D eigenvalue weighted by atomic mass is 9.89. The average molecular weight is 205 g/mol. The second-order valence-corrected chi connectivity index (χ2v) is 4.29. The van der Waals surface area contributed by atoms with E-state index in [1.165, 1.54) is 5.56 Å². The van der Waals surface area contributed by atoms with E-state index in [1.807, 2.05) is 26.1 Å². The van der Waals surface area contributed by atoms with E-state index < -0.39 is 5.97 Å². The number of aliphatic carboxylic acids is 1. The number of hydrogen-bond donors (Lipinski definition) is 1. The van der Waals surface area contributed by atoms with Gasteiger partial charge in [-0.25, -0.2) is 0 Å². The first-order valence-electron chi connectivity index (χ1n) is 5.08. The van der Waals surface area contributed by atoms with Crippen LogP contribution in [0, 0.1) is 6.92 Å². The molecule has 0 saturated heterocycles. The van der Waals surface area contributed by atoms with E-state index in [0.29, 0.717) is 6.54 Å². The molecule has 1 aromatic rings. The third-order valence-electron chi connectivity index (χ3n) is 2.91. The van der Waals surface area contributed by atoms with Gasteiger partial charge in [0.05, 0.1) is 5.92 Å². The highest BCUT2D eigenvalue weighted by atomic mass is 16.4. The molecule has 15 heavy (non-hydrogen) atoms. The topological polar surface area (TPSA) is 40.5 Å². The zero-order valence-electron chi connectivity index (χ0n) is 9.03. The average Bonchev–Trinajstić information content (AvgIpc) is 2.15. The van der Waals surface area contributed by atoms with E-state index in [1.54, 1.807) is 0 Å². The van der Waals surface area contributed by atoms with Crippen LogP contribution in [0.25, 0.3) is 0 Å². The number of benzene rings is 1. The quantitative estimate of drug-likeness (QED) is 0.757. The molecular weight excluding hydrogens is 190 g/mol. The van der Waals surface area contributed by atoms with E-state index in [2.05, 4.69) is 11.0 Å². The summed E-state index contributed by atoms with van der Waals surface area (Å²) < 4.78 is 0. The van der Waals surface area contributed by atoms with Crippen molar-refractivity contribution in [3.63, 3.8) is 0 Å². The van der Waals surface area contributed by atoms with E-state index >= 15 is 0 Å². The van der Waals surface area contributed by atoms with Crippen molar-refractivity contribution in [1.82, 2.24) is 4.90 Å². The number of hydrogen-bond acceptors (Lipinski definition) is 2. The molecular formula is C12H15NO2. The second-order valence-electron chi connectivity index (χ2n) is 4.29. The lowest BCUT2D eigenvalue weighted by molar-refractivity contribution is -0.139. The Morgan fingerprint density at radius 2 is 2.27 bits per heavy atom. The summed E-state index contributed by atoms with van der Waals surface area (Å²) in [5.41, 5.74) is 3.32. The first-order valence-corrected chi connectivity index (χ1v) is 5.08. The van der Waals surface area contributed by atoms with Crippen LogP contribution in [-0.2, 0) is 11.3 Å². The molecule has 0 amide bonds. The normalized spacial score (nSPS) is 21.1. The third-order valence-corrected chi connectivity index (χ3v) is 2.91. The van der Waals surface area contributed by atoms with Gasteiger partial charge in [0.1, 0.15) is 0 Å². The van der Waals surface area contributed by atoms with Gasteiger partial charge in [0.15, 0.2) is 0 Å². The Morgan fingerprint density at radius 1 is 1.53 bits per heavy atom. The monoisotopic (exact) mass is 205 g/mol. The van der Waals surface area contributed by atoms with Gasteiger partial charge in [0.2, 0.25) is 0 Å². The highest BCUT2D eigenvalue weighted by Gasteiger charge is 2.28. The van der Waals surface area contributed by atoms with Crippen LogP contribution in [0.5, 0.6) is 0 Å². The van der Waals surface area contributed by atoms with Crippen LogP contribution in [0.3, 0.4) is 0 Å². The molecule has 1 unspecified atom stereocenters. The fraction of sp³-hybridized carbons (Fsp3) is 0.417. The number of carbonyl (C=O) groups is 1. The minimum absolute atomic E-state index is 0.376. The number of carboxylic acid groups (broad SMARTS) is 1. The molecule has 1 aliphatic heterocycles. The van der Waals surface area contributed by atoms with Crippen molar-refractivity contribution in [2.24, 2.45) is 0 Å². The lowest BCUT2D eigenvalue weighted by Gasteiger charge is -2.30. The molecule has 0 fully saturated rings. The largest absolute Gasteiger partial charge is 0.481 e. The molecule has 0 bridgehead atoms. The highest BCUT2D eigenvalue weighted by Crippen LogP contribution is 2.28. The zero-order chi connectivity index (χ0) is 11.0. The van der Waals surface area contributed by atoms with E-state index in [9.17, 15) is 4.79 Å². The Balaban J connectivity index is 2.46. The van der Waals surface area contributed by atoms with Crippen LogP contribution in [0.15, 0.2) is 18.2 Å². The van der Waals surface area contributed by atoms with Gasteiger partial charge < -0.3 is 10.0 Å². The molecule has 0 aliphatic carbocycles. The maximum absolute atomic E-state index is 11.1. The third kappa shape index (κ3) is 1.88. The summed E-state index contributed by atoms with van der Waals surface area (Å²) >= 11 is 0. The number of carboxylic acids is 1. The van der Waals surface area contributed by atoms with Gasteiger partial charge in [-0.3, -0.25) is 4.79 Å². The molecule has 2 rings (SSSR count). The molecule has 1 atom stereocenters. The summed E-state index contributed by atoms with van der Waals surface area (Å²) in [6, 6.07) is 6.03. The number of rotatable bonds is 1. The Morgan fingerprint density at radius 3 is 2.93 bits per heavy atom. The SMILES string of the molecule is Cc1ccc2c(c1)CN(C)CC2C(=O)O. The van der Waals surface area contributed by atoms with Gasteiger partial charge in [-0.2, -0.15) is 0 Å². The minimum Gasteiger partial charge on any atom is -0.481 e. The van der Waals surface area contributed by atoms with Gasteiger partial charge in [0.25, 0.3) is 0 Å². The first-order chi connectivity index (χ1) is 7.08. The molecule has 0 spiro atoms. The second kappa shape index (κ2) is 3.66. The molecule has 1 N–H and O–H groups in total. The van der Waals surface area contributed by atoms with Gasteiger partial charge in [0, 0.05) is 13.1 Å². The van der Waals surface area contributed by atoms with Crippen molar-refractivity contribution in [3.8, 4) is 0 Å². The zero-order valence-corrected chi connectivity index (χ0v) is 9.03. The first kappa shape index (κ1) is 10.2. The molecule has 1 aromatic carbocycles. The molecule has 80 valence electrons. The van der Waals surface area contributed by atoms with Crippen LogP contribution in [0.1, 0.15) is 22.6 Å². The van der Waals surface area contributed by atoms with Crippen molar-refractivity contribution in [3.05, 3.63) is 34.9 Å². The smallest absolute Gasteiger partial charge is 0.312 e. The van der Waals surface area contributed by atoms with Crippen molar-refractivity contribution >= 4 is 5.97 Å². The Hall–Kier alpha value is -1.35. The van der Waals surface area contributed by atoms with Crippen molar-refractivity contribution in [2.45, 2.75) is 19.4 Å². The van der Waals surface area contributed by atoms with Crippen molar-refractivity contribution in [1.29, 1.82) is 0 Å². The van der Waals surface area contributed by atoms with Crippen molar-refractivity contribution < 1.29 is 9.90 Å². The fourth-order valence-corrected chi connectivity index (χ4v) is 2.19. The predicted octanol–water partition coefficient (Wildman–Crippen LogP) is 1.61. The molecule has 3 heteroatoms. The maximum Gasteiger partial charge on any atom is 0.312 e. The summed E-state index contributed by atoms with van der Waals surface area (Å²) in [5.74, 6) is -1.11. The number of aryl methyl sites for hydroxylation is 1. The lowest BCUT2D eigenvalue weighted by Crippen LogP contribution is -2.34. The Labute approximate surface area is 89.3 Å². The van der Waals surface area contributed by atoms with Crippen LogP contribution in [0.2, 0.25) is 0 Å². The predicted molar refractivity (Wildman–Crippen MR) is 57.9 cm³/mol. The summed E-state index contributed by atoms with van der Waals surface area (Å²) in [7, 11) is 1.96.